The Morgan fingerprint density at radius 3 is 1.77 bits per heavy atom. The Bertz CT molecular complexity index is 1610. The SMILES string of the molecule is COc1ccc(CN2CCC(c3cc4c(ncn4C)c(-c4ccc(OC)cc4)n3)CC2)cc1.O=C(O)C(F)(F)F.O=C(O)C(F)(F)F. The van der Waals surface area contributed by atoms with Gasteiger partial charge < -0.3 is 24.3 Å². The predicted molar refractivity (Wildman–Crippen MR) is 158 cm³/mol. The third-order valence-corrected chi connectivity index (χ3v) is 7.15. The molecule has 0 aliphatic carbocycles. The van der Waals surface area contributed by atoms with E-state index < -0.39 is 24.3 Å². The number of methoxy groups -OCH3 is 2. The molecule has 0 radical (unpaired) electrons. The van der Waals surface area contributed by atoms with Gasteiger partial charge in [-0.3, -0.25) is 9.88 Å². The second-order valence-corrected chi connectivity index (χ2v) is 10.4. The first kappa shape index (κ1) is 36.6. The first-order valence-electron chi connectivity index (χ1n) is 13.9. The minimum absolute atomic E-state index is 0.452. The van der Waals surface area contributed by atoms with Crippen molar-refractivity contribution in [3.05, 3.63) is 72.2 Å². The fraction of sp³-hybridized carbons (Fsp3) is 0.355. The van der Waals surface area contributed by atoms with Crippen molar-refractivity contribution in [3.8, 4) is 22.8 Å². The zero-order valence-electron chi connectivity index (χ0n) is 25.5. The van der Waals surface area contributed by atoms with Crippen LogP contribution in [0.1, 0.15) is 30.0 Å². The standard InChI is InChI=1S/C27H30N4O2.2C2HF3O2/c1-30-18-28-27-25(30)16-24(29-26(27)21-6-10-23(33-3)11-7-21)20-12-14-31(15-13-20)17-19-4-8-22(32-2)9-5-19;2*3-2(4,5)1(6)7/h4-11,16,18,20H,12-15,17H2,1-3H3;2*(H,6,7). The maximum Gasteiger partial charge on any atom is 0.490 e. The van der Waals surface area contributed by atoms with Crippen LogP contribution in [0.2, 0.25) is 0 Å². The van der Waals surface area contributed by atoms with Crippen molar-refractivity contribution in [1.82, 2.24) is 19.4 Å². The maximum atomic E-state index is 10.6. The number of rotatable bonds is 6. The van der Waals surface area contributed by atoms with E-state index in [0.717, 1.165) is 66.3 Å². The summed E-state index contributed by atoms with van der Waals surface area (Å²) in [6, 6.07) is 18.7. The van der Waals surface area contributed by atoms with Gasteiger partial charge in [-0.2, -0.15) is 26.3 Å². The van der Waals surface area contributed by atoms with Crippen molar-refractivity contribution < 1.29 is 55.6 Å². The topological polar surface area (TPSA) is 127 Å². The Balaban J connectivity index is 0.000000360. The number of aromatic nitrogens is 3. The number of alkyl halides is 6. The first-order chi connectivity index (χ1) is 22.0. The summed E-state index contributed by atoms with van der Waals surface area (Å²) in [6.45, 7) is 3.11. The van der Waals surface area contributed by atoms with Crippen molar-refractivity contribution in [2.24, 2.45) is 7.05 Å². The van der Waals surface area contributed by atoms with E-state index in [-0.39, 0.29) is 0 Å². The third kappa shape index (κ3) is 10.3. The van der Waals surface area contributed by atoms with Crippen LogP contribution in [0.3, 0.4) is 0 Å². The van der Waals surface area contributed by atoms with Crippen LogP contribution in [0.4, 0.5) is 26.3 Å². The molecule has 1 aliphatic heterocycles. The van der Waals surface area contributed by atoms with Crippen molar-refractivity contribution in [2.75, 3.05) is 27.3 Å². The second kappa shape index (κ2) is 15.6. The molecule has 0 unspecified atom stereocenters. The monoisotopic (exact) mass is 670 g/mol. The minimum Gasteiger partial charge on any atom is -0.497 e. The summed E-state index contributed by atoms with van der Waals surface area (Å²) in [7, 11) is 5.44. The molecule has 1 aliphatic rings. The smallest absolute Gasteiger partial charge is 0.490 e. The number of imidazole rings is 1. The van der Waals surface area contributed by atoms with E-state index in [0.29, 0.717) is 5.92 Å². The Labute approximate surface area is 265 Å². The number of aryl methyl sites for hydroxylation is 1. The first-order valence-corrected chi connectivity index (χ1v) is 13.9. The van der Waals surface area contributed by atoms with Gasteiger partial charge in [-0.15, -0.1) is 0 Å². The number of halogens is 6. The fourth-order valence-electron chi connectivity index (χ4n) is 4.68. The number of aliphatic carboxylic acids is 2. The van der Waals surface area contributed by atoms with Gasteiger partial charge in [-0.1, -0.05) is 12.1 Å². The Morgan fingerprint density at radius 2 is 1.32 bits per heavy atom. The second-order valence-electron chi connectivity index (χ2n) is 10.4. The van der Waals surface area contributed by atoms with Crippen molar-refractivity contribution in [1.29, 1.82) is 0 Å². The predicted octanol–water partition coefficient (Wildman–Crippen LogP) is 6.30. The molecular weight excluding hydrogens is 638 g/mol. The minimum atomic E-state index is -5.08. The molecule has 2 aromatic heterocycles. The van der Waals surface area contributed by atoms with Crippen molar-refractivity contribution in [2.45, 2.75) is 37.7 Å². The molecule has 0 atom stereocenters. The van der Waals surface area contributed by atoms with E-state index in [1.807, 2.05) is 37.6 Å². The molecule has 1 saturated heterocycles. The number of ether oxygens (including phenoxy) is 2. The summed E-state index contributed by atoms with van der Waals surface area (Å²) in [4.78, 5) is 30.1. The van der Waals surface area contributed by atoms with Crippen LogP contribution in [0, 0.1) is 0 Å². The van der Waals surface area contributed by atoms with Crippen LogP contribution in [0.5, 0.6) is 11.5 Å². The van der Waals surface area contributed by atoms with Gasteiger partial charge in [0.05, 0.1) is 31.8 Å². The number of hydrogen-bond acceptors (Lipinski definition) is 7. The molecule has 47 heavy (non-hydrogen) atoms. The van der Waals surface area contributed by atoms with Gasteiger partial charge >= 0.3 is 24.3 Å². The lowest BCUT2D eigenvalue weighted by Crippen LogP contribution is -2.32. The van der Waals surface area contributed by atoms with E-state index in [4.69, 9.17) is 34.3 Å². The summed E-state index contributed by atoms with van der Waals surface area (Å²) in [6.07, 6.45) is -6.08. The Hall–Kier alpha value is -4.86. The summed E-state index contributed by atoms with van der Waals surface area (Å²) in [5, 5.41) is 14.2. The van der Waals surface area contributed by atoms with Crippen LogP contribution < -0.4 is 9.47 Å². The highest BCUT2D eigenvalue weighted by molar-refractivity contribution is 5.90. The van der Waals surface area contributed by atoms with Crippen molar-refractivity contribution >= 4 is 23.0 Å². The molecule has 0 bridgehead atoms. The molecule has 5 rings (SSSR count). The van der Waals surface area contributed by atoms with Crippen LogP contribution >= 0.6 is 0 Å². The summed E-state index contributed by atoms with van der Waals surface area (Å²) < 4.78 is 76.2. The largest absolute Gasteiger partial charge is 0.497 e. The summed E-state index contributed by atoms with van der Waals surface area (Å²) in [5.41, 5.74) is 6.59. The Morgan fingerprint density at radius 1 is 0.851 bits per heavy atom. The lowest BCUT2D eigenvalue weighted by atomic mass is 9.92. The van der Waals surface area contributed by atoms with Crippen molar-refractivity contribution in [3.63, 3.8) is 0 Å². The number of piperidine rings is 1. The van der Waals surface area contributed by atoms with Crippen LogP contribution in [-0.4, -0.2) is 81.2 Å². The number of carbonyl (C=O) groups is 2. The average molecular weight is 671 g/mol. The number of hydrogen-bond donors (Lipinski definition) is 2. The Kier molecular flexibility index (Phi) is 12.2. The van der Waals surface area contributed by atoms with Gasteiger partial charge in [0, 0.05) is 30.8 Å². The third-order valence-electron chi connectivity index (χ3n) is 7.15. The number of likely N-dealkylation sites (tertiary alicyclic amines) is 1. The molecule has 254 valence electrons. The van der Waals surface area contributed by atoms with Gasteiger partial charge in [0.2, 0.25) is 0 Å². The van der Waals surface area contributed by atoms with Gasteiger partial charge in [0.15, 0.2) is 0 Å². The number of benzene rings is 2. The van der Waals surface area contributed by atoms with Gasteiger partial charge in [-0.05, 0) is 74.0 Å². The van der Waals surface area contributed by atoms with Gasteiger partial charge in [-0.25, -0.2) is 14.6 Å². The van der Waals surface area contributed by atoms with E-state index in [1.165, 1.54) is 11.3 Å². The van der Waals surface area contributed by atoms with E-state index >= 15 is 0 Å². The molecule has 3 heterocycles. The molecule has 10 nitrogen and oxygen atoms in total. The molecule has 1 fully saturated rings. The molecule has 4 aromatic rings. The molecular formula is C31H32F6N4O6. The lowest BCUT2D eigenvalue weighted by molar-refractivity contribution is -0.193. The zero-order chi connectivity index (χ0) is 34.9. The zero-order valence-corrected chi connectivity index (χ0v) is 25.5. The van der Waals surface area contributed by atoms with Crippen LogP contribution in [0.15, 0.2) is 60.9 Å². The highest BCUT2D eigenvalue weighted by atomic mass is 19.4. The maximum absolute atomic E-state index is 10.6. The average Bonchev–Trinajstić information content (AvgIpc) is 3.41. The number of nitrogens with zero attached hydrogens (tertiary/aromatic N) is 4. The highest BCUT2D eigenvalue weighted by Gasteiger charge is 2.39. The van der Waals surface area contributed by atoms with E-state index in [1.54, 1.807) is 14.2 Å². The highest BCUT2D eigenvalue weighted by Crippen LogP contribution is 2.34. The molecule has 0 amide bonds. The number of fused-ring (bicyclic) bond motifs is 1. The number of carboxylic acids is 2. The molecule has 2 aromatic carbocycles. The fourth-order valence-corrected chi connectivity index (χ4v) is 4.68. The van der Waals surface area contributed by atoms with Gasteiger partial charge in [0.25, 0.3) is 0 Å². The van der Waals surface area contributed by atoms with Crippen LogP contribution in [-0.2, 0) is 23.2 Å². The van der Waals surface area contributed by atoms with E-state index in [9.17, 15) is 26.3 Å². The lowest BCUT2D eigenvalue weighted by Gasteiger charge is -2.32. The molecule has 16 heteroatoms. The van der Waals surface area contributed by atoms with E-state index in [2.05, 4.69) is 44.8 Å². The number of carboxylic acid groups (broad SMARTS) is 2. The molecule has 0 saturated carbocycles. The van der Waals surface area contributed by atoms with Gasteiger partial charge in [0.1, 0.15) is 17.0 Å². The summed E-state index contributed by atoms with van der Waals surface area (Å²) >= 11 is 0. The normalized spacial score (nSPS) is 14.0. The van der Waals surface area contributed by atoms with Crippen LogP contribution in [0.25, 0.3) is 22.3 Å². The quantitative estimate of drug-likeness (QED) is 0.227. The molecule has 0 spiro atoms. The summed E-state index contributed by atoms with van der Waals surface area (Å²) in [5.74, 6) is -3.31. The number of pyridine rings is 1. The molecule has 2 N–H and O–H groups in total.